The number of nitrogens with zero attached hydrogens (tertiary/aromatic N) is 3. The van der Waals surface area contributed by atoms with Crippen LogP contribution in [0.2, 0.25) is 5.02 Å². The molecule has 1 unspecified atom stereocenters. The first-order valence-electron chi connectivity index (χ1n) is 6.42. The number of ether oxygens (including phenoxy) is 1. The maximum atomic E-state index is 12.5. The number of hydrogen-bond acceptors (Lipinski definition) is 5. The van der Waals surface area contributed by atoms with Gasteiger partial charge in [-0.2, -0.15) is 10.1 Å². The highest BCUT2D eigenvalue weighted by Gasteiger charge is 2.32. The maximum absolute atomic E-state index is 12.5. The van der Waals surface area contributed by atoms with Crippen molar-refractivity contribution in [1.82, 2.24) is 14.8 Å². The van der Waals surface area contributed by atoms with E-state index in [2.05, 4.69) is 20.7 Å². The van der Waals surface area contributed by atoms with E-state index in [1.54, 1.807) is 18.2 Å². The molecule has 8 nitrogen and oxygen atoms in total. The number of rotatable bonds is 3. The van der Waals surface area contributed by atoms with Crippen LogP contribution in [0.25, 0.3) is 0 Å². The van der Waals surface area contributed by atoms with E-state index in [0.717, 1.165) is 0 Å². The quantitative estimate of drug-likeness (QED) is 0.892. The average Bonchev–Trinajstić information content (AvgIpc) is 2.94. The van der Waals surface area contributed by atoms with Gasteiger partial charge in [-0.15, -0.1) is 0 Å². The van der Waals surface area contributed by atoms with Gasteiger partial charge in [0.25, 0.3) is 0 Å². The highest BCUT2D eigenvalue weighted by molar-refractivity contribution is 6.31. The summed E-state index contributed by atoms with van der Waals surface area (Å²) < 4.78 is 6.55. The lowest BCUT2D eigenvalue weighted by Gasteiger charge is -2.23. The molecule has 2 N–H and O–H groups in total. The van der Waals surface area contributed by atoms with Crippen molar-refractivity contribution in [3.8, 4) is 5.75 Å². The Bertz CT molecular complexity index is 745. The van der Waals surface area contributed by atoms with Crippen molar-refractivity contribution in [2.24, 2.45) is 0 Å². The molecule has 1 aliphatic heterocycles. The molecule has 114 valence electrons. The van der Waals surface area contributed by atoms with Crippen molar-refractivity contribution in [2.75, 3.05) is 17.7 Å². The summed E-state index contributed by atoms with van der Waals surface area (Å²) in [6.07, 6.45) is 1.26. The Balaban J connectivity index is 1.87. The fourth-order valence-corrected chi connectivity index (χ4v) is 2.38. The van der Waals surface area contributed by atoms with E-state index in [1.807, 2.05) is 0 Å². The van der Waals surface area contributed by atoms with Crippen molar-refractivity contribution >= 4 is 35.1 Å². The predicted molar refractivity (Wildman–Crippen MR) is 78.9 cm³/mol. The average molecular weight is 322 g/mol. The fourth-order valence-electron chi connectivity index (χ4n) is 2.20. The Morgan fingerprint density at radius 2 is 2.36 bits per heavy atom. The lowest BCUT2D eigenvalue weighted by molar-refractivity contribution is -0.125. The molecule has 9 heteroatoms. The molecule has 1 aliphatic rings. The molecule has 2 amide bonds. The van der Waals surface area contributed by atoms with E-state index in [4.69, 9.17) is 16.3 Å². The van der Waals surface area contributed by atoms with Crippen LogP contribution in [0.15, 0.2) is 24.5 Å². The minimum absolute atomic E-state index is 0.0227. The third-order valence-corrected chi connectivity index (χ3v) is 3.46. The molecule has 3 rings (SSSR count). The molecule has 0 fully saturated rings. The van der Waals surface area contributed by atoms with E-state index in [-0.39, 0.29) is 18.3 Å². The first-order valence-corrected chi connectivity index (χ1v) is 6.80. The zero-order valence-corrected chi connectivity index (χ0v) is 12.3. The van der Waals surface area contributed by atoms with Crippen molar-refractivity contribution in [1.29, 1.82) is 0 Å². The number of carbonyl (C=O) groups excluding carboxylic acids is 2. The number of hydrogen-bond donors (Lipinski definition) is 2. The SMILES string of the molecule is COc1ccc(Cl)cc1NC(=O)C1CC(=O)Nc2ncnn21. The van der Waals surface area contributed by atoms with E-state index in [0.29, 0.717) is 16.5 Å². The molecule has 2 aromatic rings. The second kappa shape index (κ2) is 5.64. The van der Waals surface area contributed by atoms with E-state index >= 15 is 0 Å². The molecule has 0 saturated heterocycles. The van der Waals surface area contributed by atoms with Crippen LogP contribution in [0.3, 0.4) is 0 Å². The van der Waals surface area contributed by atoms with Crippen LogP contribution in [0.1, 0.15) is 12.5 Å². The van der Waals surface area contributed by atoms with Gasteiger partial charge in [-0.05, 0) is 18.2 Å². The third-order valence-electron chi connectivity index (χ3n) is 3.22. The topological polar surface area (TPSA) is 98.1 Å². The summed E-state index contributed by atoms with van der Waals surface area (Å²) in [5.41, 5.74) is 0.424. The van der Waals surface area contributed by atoms with E-state index < -0.39 is 11.9 Å². The van der Waals surface area contributed by atoms with Gasteiger partial charge in [0.15, 0.2) is 0 Å². The van der Waals surface area contributed by atoms with Crippen LogP contribution < -0.4 is 15.4 Å². The van der Waals surface area contributed by atoms with Gasteiger partial charge in [0, 0.05) is 5.02 Å². The Labute approximate surface area is 130 Å². The van der Waals surface area contributed by atoms with Gasteiger partial charge in [0.1, 0.15) is 18.1 Å². The van der Waals surface area contributed by atoms with Crippen LogP contribution in [-0.4, -0.2) is 33.7 Å². The van der Waals surface area contributed by atoms with Gasteiger partial charge >= 0.3 is 0 Å². The standard InChI is InChI=1S/C13H12ClN5O3/c1-22-10-3-2-7(14)4-8(10)17-12(21)9-5-11(20)18-13-15-6-16-19(9)13/h2-4,6,9H,5H2,1H3,(H,17,21)(H,15,16,18,20). The Morgan fingerprint density at radius 3 is 3.14 bits per heavy atom. The largest absolute Gasteiger partial charge is 0.495 e. The van der Waals surface area contributed by atoms with Gasteiger partial charge in [-0.3, -0.25) is 14.9 Å². The summed E-state index contributed by atoms with van der Waals surface area (Å²) in [6, 6.07) is 4.09. The number of carbonyl (C=O) groups is 2. The normalized spacial score (nSPS) is 16.6. The number of amides is 2. The number of anilines is 2. The first kappa shape index (κ1) is 14.3. The number of methoxy groups -OCH3 is 1. The monoisotopic (exact) mass is 321 g/mol. The Kier molecular flexibility index (Phi) is 3.68. The summed E-state index contributed by atoms with van der Waals surface area (Å²) in [7, 11) is 1.49. The van der Waals surface area contributed by atoms with Crippen LogP contribution in [0.4, 0.5) is 11.6 Å². The predicted octanol–water partition coefficient (Wildman–Crippen LogP) is 1.46. The second-order valence-corrected chi connectivity index (χ2v) is 5.07. The molecule has 22 heavy (non-hydrogen) atoms. The minimum atomic E-state index is -0.782. The lowest BCUT2D eigenvalue weighted by atomic mass is 10.1. The minimum Gasteiger partial charge on any atom is -0.495 e. The summed E-state index contributed by atoms with van der Waals surface area (Å²) in [5.74, 6) is 0.0205. The number of nitrogens with one attached hydrogen (secondary N) is 2. The van der Waals surface area contributed by atoms with Gasteiger partial charge in [-0.1, -0.05) is 11.6 Å². The summed E-state index contributed by atoms with van der Waals surface area (Å²) in [5, 5.41) is 9.68. The molecule has 2 heterocycles. The molecule has 0 aliphatic carbocycles. The van der Waals surface area contributed by atoms with Gasteiger partial charge in [0.2, 0.25) is 17.8 Å². The zero-order chi connectivity index (χ0) is 15.7. The van der Waals surface area contributed by atoms with E-state index in [9.17, 15) is 9.59 Å². The molecule has 0 radical (unpaired) electrons. The van der Waals surface area contributed by atoms with Crippen molar-refractivity contribution in [3.05, 3.63) is 29.5 Å². The van der Waals surface area contributed by atoms with Crippen molar-refractivity contribution in [3.63, 3.8) is 0 Å². The Morgan fingerprint density at radius 1 is 1.55 bits per heavy atom. The van der Waals surface area contributed by atoms with E-state index in [1.165, 1.54) is 18.1 Å². The molecule has 1 atom stereocenters. The highest BCUT2D eigenvalue weighted by atomic mass is 35.5. The highest BCUT2D eigenvalue weighted by Crippen LogP contribution is 2.29. The molecule has 1 aromatic carbocycles. The molecule has 1 aromatic heterocycles. The molecular weight excluding hydrogens is 310 g/mol. The van der Waals surface area contributed by atoms with Crippen LogP contribution >= 0.6 is 11.6 Å². The second-order valence-electron chi connectivity index (χ2n) is 4.63. The lowest BCUT2D eigenvalue weighted by Crippen LogP contribution is -2.36. The van der Waals surface area contributed by atoms with Crippen LogP contribution in [-0.2, 0) is 9.59 Å². The van der Waals surface area contributed by atoms with Gasteiger partial charge < -0.3 is 10.1 Å². The number of fused-ring (bicyclic) bond motifs is 1. The molecule has 0 bridgehead atoms. The third kappa shape index (κ3) is 2.60. The first-order chi connectivity index (χ1) is 10.6. The Hall–Kier alpha value is -2.61. The number of aromatic nitrogens is 3. The fraction of sp³-hybridized carbons (Fsp3) is 0.231. The number of halogens is 1. The number of benzene rings is 1. The molecule has 0 spiro atoms. The maximum Gasteiger partial charge on any atom is 0.250 e. The molecule has 0 saturated carbocycles. The van der Waals surface area contributed by atoms with Crippen molar-refractivity contribution < 1.29 is 14.3 Å². The summed E-state index contributed by atoms with van der Waals surface area (Å²) >= 11 is 5.93. The van der Waals surface area contributed by atoms with Gasteiger partial charge in [-0.25, -0.2) is 4.68 Å². The zero-order valence-electron chi connectivity index (χ0n) is 11.5. The molecular formula is C13H12ClN5O3. The van der Waals surface area contributed by atoms with Crippen LogP contribution in [0, 0.1) is 0 Å². The van der Waals surface area contributed by atoms with Gasteiger partial charge in [0.05, 0.1) is 19.2 Å². The van der Waals surface area contributed by atoms with Crippen molar-refractivity contribution in [2.45, 2.75) is 12.5 Å². The smallest absolute Gasteiger partial charge is 0.250 e. The summed E-state index contributed by atoms with van der Waals surface area (Å²) in [6.45, 7) is 0. The van der Waals surface area contributed by atoms with Crippen LogP contribution in [0.5, 0.6) is 5.75 Å². The summed E-state index contributed by atoms with van der Waals surface area (Å²) in [4.78, 5) is 28.0.